The van der Waals surface area contributed by atoms with E-state index in [4.69, 9.17) is 0 Å². The van der Waals surface area contributed by atoms with Gasteiger partial charge in [-0.15, -0.1) is 0 Å². The molecule has 17 heavy (non-hydrogen) atoms. The SMILES string of the molecule is Cc1cc(-n2nn[nH]c2=O)cc(C(F)(F)F)c1. The van der Waals surface area contributed by atoms with Gasteiger partial charge < -0.3 is 0 Å². The molecule has 90 valence electrons. The first-order chi connectivity index (χ1) is 7.88. The number of aryl methyl sites for hydroxylation is 1. The number of hydrogen-bond acceptors (Lipinski definition) is 3. The molecule has 0 aliphatic heterocycles. The van der Waals surface area contributed by atoms with Gasteiger partial charge in [0.15, 0.2) is 0 Å². The maximum atomic E-state index is 12.6. The van der Waals surface area contributed by atoms with Gasteiger partial charge in [-0.2, -0.15) is 17.9 Å². The summed E-state index contributed by atoms with van der Waals surface area (Å²) in [5.41, 5.74) is -1.12. The van der Waals surface area contributed by atoms with E-state index in [1.54, 1.807) is 0 Å². The Kier molecular flexibility index (Phi) is 2.49. The Hall–Kier alpha value is -2.12. The third-order valence-electron chi connectivity index (χ3n) is 2.11. The fraction of sp³-hybridized carbons (Fsp3) is 0.222. The Morgan fingerprint density at radius 3 is 2.53 bits per heavy atom. The molecule has 1 aromatic heterocycles. The van der Waals surface area contributed by atoms with E-state index in [1.807, 2.05) is 5.10 Å². The van der Waals surface area contributed by atoms with Crippen molar-refractivity contribution in [1.29, 1.82) is 0 Å². The fourth-order valence-electron chi connectivity index (χ4n) is 1.42. The Balaban J connectivity index is 2.61. The van der Waals surface area contributed by atoms with E-state index < -0.39 is 17.4 Å². The minimum Gasteiger partial charge on any atom is -0.244 e. The highest BCUT2D eigenvalue weighted by atomic mass is 19.4. The number of aromatic amines is 1. The van der Waals surface area contributed by atoms with Gasteiger partial charge in [0.2, 0.25) is 0 Å². The number of rotatable bonds is 1. The molecule has 0 radical (unpaired) electrons. The molecule has 0 fully saturated rings. The van der Waals surface area contributed by atoms with Crippen molar-refractivity contribution in [2.45, 2.75) is 13.1 Å². The number of alkyl halides is 3. The summed E-state index contributed by atoms with van der Waals surface area (Å²) in [4.78, 5) is 11.2. The minimum absolute atomic E-state index is 0.0241. The van der Waals surface area contributed by atoms with Crippen molar-refractivity contribution in [1.82, 2.24) is 20.2 Å². The second-order valence-corrected chi connectivity index (χ2v) is 3.47. The molecular weight excluding hydrogens is 237 g/mol. The Morgan fingerprint density at radius 2 is 2.00 bits per heavy atom. The van der Waals surface area contributed by atoms with E-state index in [0.717, 1.165) is 16.8 Å². The summed E-state index contributed by atoms with van der Waals surface area (Å²) in [5, 5.41) is 8.61. The average molecular weight is 244 g/mol. The molecule has 0 unspecified atom stereocenters. The summed E-state index contributed by atoms with van der Waals surface area (Å²) in [6.07, 6.45) is -4.46. The zero-order chi connectivity index (χ0) is 12.6. The maximum Gasteiger partial charge on any atom is 0.416 e. The Labute approximate surface area is 92.9 Å². The lowest BCUT2D eigenvalue weighted by molar-refractivity contribution is -0.137. The van der Waals surface area contributed by atoms with Crippen molar-refractivity contribution in [3.8, 4) is 5.69 Å². The largest absolute Gasteiger partial charge is 0.416 e. The van der Waals surface area contributed by atoms with Gasteiger partial charge in [-0.1, -0.05) is 0 Å². The quantitative estimate of drug-likeness (QED) is 0.821. The van der Waals surface area contributed by atoms with Crippen LogP contribution < -0.4 is 5.69 Å². The Bertz CT molecular complexity index is 599. The number of hydrogen-bond donors (Lipinski definition) is 1. The van der Waals surface area contributed by atoms with Crippen molar-refractivity contribution in [3.05, 3.63) is 39.8 Å². The van der Waals surface area contributed by atoms with E-state index in [2.05, 4.69) is 10.4 Å². The van der Waals surface area contributed by atoms with E-state index in [-0.39, 0.29) is 5.69 Å². The van der Waals surface area contributed by atoms with Crippen LogP contribution in [0.2, 0.25) is 0 Å². The molecule has 0 saturated heterocycles. The highest BCUT2D eigenvalue weighted by Crippen LogP contribution is 2.30. The number of nitrogens with zero attached hydrogens (tertiary/aromatic N) is 3. The lowest BCUT2D eigenvalue weighted by atomic mass is 10.1. The van der Waals surface area contributed by atoms with Crippen LogP contribution in [-0.2, 0) is 6.18 Å². The zero-order valence-electron chi connectivity index (χ0n) is 8.62. The lowest BCUT2D eigenvalue weighted by Crippen LogP contribution is -2.17. The summed E-state index contributed by atoms with van der Waals surface area (Å²) in [7, 11) is 0. The van der Waals surface area contributed by atoms with Gasteiger partial charge >= 0.3 is 11.9 Å². The predicted octanol–water partition coefficient (Wildman–Crippen LogP) is 1.28. The topological polar surface area (TPSA) is 63.6 Å². The summed E-state index contributed by atoms with van der Waals surface area (Å²) < 4.78 is 38.4. The standard InChI is InChI=1S/C9H7F3N4O/c1-5-2-6(9(10,11)12)4-7(3-5)16-8(17)13-14-15-16/h2-4H,1H3,(H,13,15,17). The van der Waals surface area contributed by atoms with Gasteiger partial charge in [-0.25, -0.2) is 9.89 Å². The third-order valence-corrected chi connectivity index (χ3v) is 2.11. The molecule has 5 nitrogen and oxygen atoms in total. The highest BCUT2D eigenvalue weighted by molar-refractivity contribution is 5.39. The monoisotopic (exact) mass is 244 g/mol. The van der Waals surface area contributed by atoms with Crippen LogP contribution in [0.15, 0.2) is 23.0 Å². The Morgan fingerprint density at radius 1 is 1.29 bits per heavy atom. The summed E-state index contributed by atoms with van der Waals surface area (Å²) in [6.45, 7) is 1.50. The number of aromatic nitrogens is 4. The fourth-order valence-corrected chi connectivity index (χ4v) is 1.42. The normalized spacial score (nSPS) is 11.8. The van der Waals surface area contributed by atoms with Gasteiger partial charge in [0.05, 0.1) is 11.3 Å². The van der Waals surface area contributed by atoms with Crippen LogP contribution in [0.5, 0.6) is 0 Å². The van der Waals surface area contributed by atoms with Crippen LogP contribution in [0.1, 0.15) is 11.1 Å². The van der Waals surface area contributed by atoms with E-state index in [1.165, 1.54) is 13.0 Å². The van der Waals surface area contributed by atoms with Gasteiger partial charge in [0, 0.05) is 0 Å². The molecule has 2 aromatic rings. The van der Waals surface area contributed by atoms with Crippen molar-refractivity contribution in [2.24, 2.45) is 0 Å². The smallest absolute Gasteiger partial charge is 0.244 e. The minimum atomic E-state index is -4.46. The van der Waals surface area contributed by atoms with Gasteiger partial charge in [-0.05, 0) is 41.1 Å². The van der Waals surface area contributed by atoms with Crippen LogP contribution in [0.25, 0.3) is 5.69 Å². The van der Waals surface area contributed by atoms with Gasteiger partial charge in [-0.3, -0.25) is 0 Å². The van der Waals surface area contributed by atoms with Crippen molar-refractivity contribution < 1.29 is 13.2 Å². The molecule has 0 bridgehead atoms. The first-order valence-electron chi connectivity index (χ1n) is 4.57. The van der Waals surface area contributed by atoms with E-state index >= 15 is 0 Å². The van der Waals surface area contributed by atoms with Gasteiger partial charge in [0.25, 0.3) is 0 Å². The molecule has 1 N–H and O–H groups in total. The summed E-state index contributed by atoms with van der Waals surface area (Å²) >= 11 is 0. The molecule has 0 aliphatic carbocycles. The number of tetrazole rings is 1. The van der Waals surface area contributed by atoms with Crippen LogP contribution in [0, 0.1) is 6.92 Å². The second kappa shape index (κ2) is 3.72. The number of H-pyrrole nitrogens is 1. The third kappa shape index (κ3) is 2.19. The van der Waals surface area contributed by atoms with E-state index in [9.17, 15) is 18.0 Å². The van der Waals surface area contributed by atoms with Crippen LogP contribution in [-0.4, -0.2) is 20.2 Å². The second-order valence-electron chi connectivity index (χ2n) is 3.47. The number of benzene rings is 1. The molecule has 1 heterocycles. The van der Waals surface area contributed by atoms with Crippen LogP contribution in [0.3, 0.4) is 0 Å². The average Bonchev–Trinajstić information content (AvgIpc) is 2.62. The first-order valence-corrected chi connectivity index (χ1v) is 4.57. The highest BCUT2D eigenvalue weighted by Gasteiger charge is 2.31. The van der Waals surface area contributed by atoms with Crippen LogP contribution in [0.4, 0.5) is 13.2 Å². The van der Waals surface area contributed by atoms with Crippen molar-refractivity contribution in [3.63, 3.8) is 0 Å². The number of halogens is 3. The number of nitrogens with one attached hydrogen (secondary N) is 1. The van der Waals surface area contributed by atoms with Gasteiger partial charge in [0.1, 0.15) is 0 Å². The molecule has 0 saturated carbocycles. The summed E-state index contributed by atoms with van der Waals surface area (Å²) in [5.74, 6) is 0. The summed E-state index contributed by atoms with van der Waals surface area (Å²) in [6, 6.07) is 3.25. The predicted molar refractivity (Wildman–Crippen MR) is 51.7 cm³/mol. The molecule has 1 aromatic carbocycles. The molecule has 0 amide bonds. The molecule has 2 rings (SSSR count). The molecule has 0 aliphatic rings. The maximum absolute atomic E-state index is 12.6. The molecule has 8 heteroatoms. The first kappa shape index (κ1) is 11.4. The van der Waals surface area contributed by atoms with Crippen LogP contribution >= 0.6 is 0 Å². The molecular formula is C9H7F3N4O. The molecule has 0 spiro atoms. The zero-order valence-corrected chi connectivity index (χ0v) is 8.62. The van der Waals surface area contributed by atoms with Crippen molar-refractivity contribution in [2.75, 3.05) is 0 Å². The van der Waals surface area contributed by atoms with Crippen molar-refractivity contribution >= 4 is 0 Å². The lowest BCUT2D eigenvalue weighted by Gasteiger charge is -2.09. The molecule has 0 atom stereocenters. The van der Waals surface area contributed by atoms with E-state index in [0.29, 0.717) is 5.56 Å².